The Morgan fingerprint density at radius 1 is 1.26 bits per heavy atom. The highest BCUT2D eigenvalue weighted by Crippen LogP contribution is 2.42. The first-order chi connectivity index (χ1) is 18.5. The van der Waals surface area contributed by atoms with Gasteiger partial charge in [-0.3, -0.25) is 14.8 Å². The standard InChI is InChI=1S/C26H32N8O3S/c35-24-19(31-26(37)32-24)13-16-15-28-34-22(29-17-5-6-17)14-18(30-23(16)34)20-7-8-21(38-20)25(36)27-9-1-2-10-33-11-3-4-12-33/h8,13-15,17,20,35H,1-7,9-12H2,(H,27,36)(H2,31,32,37). The molecule has 11 nitrogen and oxygen atoms in total. The van der Waals surface area contributed by atoms with Crippen LogP contribution < -0.4 is 21.7 Å². The second-order valence-electron chi connectivity index (χ2n) is 10.1. The third-order valence-corrected chi connectivity index (χ3v) is 8.45. The molecule has 1 saturated heterocycles. The molecule has 200 valence electrons. The number of carbonyl (C=O) groups excluding carboxylic acids is 1. The van der Waals surface area contributed by atoms with Gasteiger partial charge in [0.15, 0.2) is 11.1 Å². The number of amides is 1. The van der Waals surface area contributed by atoms with Gasteiger partial charge in [0.1, 0.15) is 5.69 Å². The number of allylic oxidation sites excluding steroid dienone is 1. The number of rotatable bonds is 9. The summed E-state index contributed by atoms with van der Waals surface area (Å²) in [6.07, 6.45) is 12.8. The summed E-state index contributed by atoms with van der Waals surface area (Å²) in [7, 11) is 0. The number of hydrogen-bond donors (Lipinski definition) is 4. The maximum Gasteiger partial charge on any atom is 0.326 e. The van der Waals surface area contributed by atoms with Gasteiger partial charge < -0.3 is 20.3 Å². The molecule has 38 heavy (non-hydrogen) atoms. The molecule has 1 saturated carbocycles. The smallest absolute Gasteiger partial charge is 0.326 e. The average Bonchev–Trinajstić information content (AvgIpc) is 3.32. The van der Waals surface area contributed by atoms with Gasteiger partial charge in [0.2, 0.25) is 5.88 Å². The van der Waals surface area contributed by atoms with Crippen LogP contribution in [0, 0.1) is 0 Å². The predicted octanol–water partition coefficient (Wildman–Crippen LogP) is 1.12. The Hall–Kier alpha value is -3.38. The Bertz CT molecular complexity index is 1540. The number of unbranched alkanes of at least 4 members (excludes halogenated alkanes) is 1. The molecular weight excluding hydrogens is 504 g/mol. The summed E-state index contributed by atoms with van der Waals surface area (Å²) in [6.45, 7) is 4.22. The molecule has 3 aliphatic rings. The zero-order valence-corrected chi connectivity index (χ0v) is 22.0. The van der Waals surface area contributed by atoms with E-state index in [1.807, 2.05) is 12.1 Å². The topological polar surface area (TPSA) is 144 Å². The molecule has 2 fully saturated rings. The number of aromatic hydroxyl groups is 1. The average molecular weight is 537 g/mol. The van der Waals surface area contributed by atoms with E-state index in [0.717, 1.165) is 48.3 Å². The lowest BCUT2D eigenvalue weighted by Gasteiger charge is -2.14. The second kappa shape index (κ2) is 10.8. The van der Waals surface area contributed by atoms with Gasteiger partial charge in [-0.25, -0.2) is 9.78 Å². The van der Waals surface area contributed by atoms with Crippen LogP contribution in [-0.2, 0) is 4.79 Å². The Kier molecular flexibility index (Phi) is 7.07. The van der Waals surface area contributed by atoms with Crippen molar-refractivity contribution in [2.75, 3.05) is 26.2 Å². The van der Waals surface area contributed by atoms with Crippen LogP contribution in [0.5, 0.6) is 5.88 Å². The molecule has 3 aromatic heterocycles. The zero-order valence-electron chi connectivity index (χ0n) is 21.2. The van der Waals surface area contributed by atoms with Gasteiger partial charge in [-0.1, -0.05) is 6.08 Å². The molecule has 5 heterocycles. The molecule has 0 spiro atoms. The highest BCUT2D eigenvalue weighted by atomic mass is 32.2. The van der Waals surface area contributed by atoms with E-state index in [-0.39, 0.29) is 28.8 Å². The van der Waals surface area contributed by atoms with Crippen LogP contribution in [0.15, 0.2) is 33.0 Å². The Labute approximate surface area is 223 Å². The summed E-state index contributed by atoms with van der Waals surface area (Å²) in [6, 6.07) is 2.25. The van der Waals surface area contributed by atoms with Crippen molar-refractivity contribution in [1.29, 1.82) is 0 Å². The fraction of sp³-hybridized carbons (Fsp3) is 0.500. The molecular formula is C26H32N8O3S. The van der Waals surface area contributed by atoms with Crippen molar-refractivity contribution >= 4 is 29.4 Å². The highest BCUT2D eigenvalue weighted by molar-refractivity contribution is 8.04. The molecule has 0 radical (unpaired) electrons. The number of nitrogens with one attached hydrogen (secondary N) is 3. The van der Waals surface area contributed by atoms with E-state index in [1.54, 1.807) is 16.8 Å². The normalized spacial score (nSPS) is 21.1. The minimum atomic E-state index is -0.492. The molecule has 1 amide bonds. The maximum atomic E-state index is 12.8. The van der Waals surface area contributed by atoms with Crippen molar-refractivity contribution < 1.29 is 9.90 Å². The van der Waals surface area contributed by atoms with E-state index in [1.165, 1.54) is 37.7 Å². The van der Waals surface area contributed by atoms with E-state index in [4.69, 9.17) is 9.98 Å². The van der Waals surface area contributed by atoms with Gasteiger partial charge in [-0.15, -0.1) is 11.8 Å². The second-order valence-corrected chi connectivity index (χ2v) is 11.4. The van der Waals surface area contributed by atoms with Crippen molar-refractivity contribution in [3.63, 3.8) is 0 Å². The van der Waals surface area contributed by atoms with Crippen LogP contribution in [0.1, 0.15) is 61.6 Å². The summed E-state index contributed by atoms with van der Waals surface area (Å²) in [4.78, 5) is 42.2. The first kappa shape index (κ1) is 24.9. The summed E-state index contributed by atoms with van der Waals surface area (Å²) >= 11 is 1.53. The summed E-state index contributed by atoms with van der Waals surface area (Å²) < 4.78 is 1.69. The highest BCUT2D eigenvalue weighted by Gasteiger charge is 2.27. The minimum Gasteiger partial charge on any atom is -0.493 e. The van der Waals surface area contributed by atoms with E-state index < -0.39 is 5.69 Å². The number of aromatic amines is 2. The predicted molar refractivity (Wildman–Crippen MR) is 144 cm³/mol. The molecule has 1 unspecified atom stereocenters. The third kappa shape index (κ3) is 5.56. The Morgan fingerprint density at radius 2 is 2.11 bits per heavy atom. The van der Waals surface area contributed by atoms with E-state index >= 15 is 0 Å². The monoisotopic (exact) mass is 536 g/mol. The first-order valence-electron chi connectivity index (χ1n) is 13.4. The van der Waals surface area contributed by atoms with E-state index in [0.29, 0.717) is 23.8 Å². The lowest BCUT2D eigenvalue weighted by molar-refractivity contribution is -0.116. The van der Waals surface area contributed by atoms with Crippen LogP contribution >= 0.6 is 11.8 Å². The molecule has 1 atom stereocenters. The minimum absolute atomic E-state index is 0.00714. The maximum absolute atomic E-state index is 12.8. The number of aromatic nitrogens is 5. The summed E-state index contributed by atoms with van der Waals surface area (Å²) in [5.41, 5.74) is 1.90. The van der Waals surface area contributed by atoms with Gasteiger partial charge in [-0.2, -0.15) is 9.61 Å². The van der Waals surface area contributed by atoms with Crippen molar-refractivity contribution in [1.82, 2.24) is 34.8 Å². The molecule has 0 aromatic carbocycles. The molecule has 4 N–H and O–H groups in total. The molecule has 12 heteroatoms. The van der Waals surface area contributed by atoms with Gasteiger partial charge in [0, 0.05) is 17.8 Å². The number of thioether (sulfide) groups is 1. The Morgan fingerprint density at radius 3 is 2.87 bits per heavy atom. The lowest BCUT2D eigenvalue weighted by Crippen LogP contribution is -2.26. The SMILES string of the molecule is O=C(NCCCCN1CCCC1)C1=CCC(c2cc(=NC3CC3)n3ncc(=Cc4[nH]c(=O)[nH]c4O)c3n2)S1. The first-order valence-corrected chi connectivity index (χ1v) is 14.2. The largest absolute Gasteiger partial charge is 0.493 e. The quantitative estimate of drug-likeness (QED) is 0.300. The van der Waals surface area contributed by atoms with Crippen LogP contribution in [0.4, 0.5) is 0 Å². The molecule has 3 aromatic rings. The number of nitrogens with zero attached hydrogens (tertiary/aromatic N) is 5. The van der Waals surface area contributed by atoms with Gasteiger partial charge >= 0.3 is 5.69 Å². The van der Waals surface area contributed by atoms with Crippen molar-refractivity contribution in [3.05, 3.63) is 55.8 Å². The van der Waals surface area contributed by atoms with Crippen molar-refractivity contribution in [2.24, 2.45) is 4.99 Å². The van der Waals surface area contributed by atoms with Crippen LogP contribution in [0.2, 0.25) is 0 Å². The summed E-state index contributed by atoms with van der Waals surface area (Å²) in [5, 5.41) is 18.2. The lowest BCUT2D eigenvalue weighted by atomic mass is 10.2. The zero-order chi connectivity index (χ0) is 26.1. The van der Waals surface area contributed by atoms with Crippen molar-refractivity contribution in [3.8, 4) is 5.88 Å². The van der Waals surface area contributed by atoms with E-state index in [9.17, 15) is 14.7 Å². The number of likely N-dealkylation sites (tertiary alicyclic amines) is 1. The number of imidazole rings is 1. The number of H-pyrrole nitrogens is 2. The van der Waals surface area contributed by atoms with E-state index in [2.05, 4.69) is 25.3 Å². The Balaban J connectivity index is 1.17. The van der Waals surface area contributed by atoms with Crippen LogP contribution in [0.3, 0.4) is 0 Å². The van der Waals surface area contributed by atoms with Gasteiger partial charge in [0.25, 0.3) is 5.91 Å². The van der Waals surface area contributed by atoms with Gasteiger partial charge in [0.05, 0.1) is 28.1 Å². The van der Waals surface area contributed by atoms with Crippen molar-refractivity contribution in [2.45, 2.75) is 56.2 Å². The molecule has 0 bridgehead atoms. The number of fused-ring (bicyclic) bond motifs is 1. The molecule has 1 aliphatic carbocycles. The van der Waals surface area contributed by atoms with Crippen LogP contribution in [-0.4, -0.2) is 72.7 Å². The van der Waals surface area contributed by atoms with Crippen LogP contribution in [0.25, 0.3) is 11.7 Å². The van der Waals surface area contributed by atoms with Gasteiger partial charge in [-0.05, 0) is 70.7 Å². The number of carbonyl (C=O) groups is 1. The molecule has 6 rings (SSSR count). The molecule has 2 aliphatic heterocycles. The number of hydrogen-bond acceptors (Lipinski definition) is 8. The fourth-order valence-electron chi connectivity index (χ4n) is 4.93. The third-order valence-electron chi connectivity index (χ3n) is 7.12. The summed E-state index contributed by atoms with van der Waals surface area (Å²) in [5.74, 6) is -0.261. The fourth-order valence-corrected chi connectivity index (χ4v) is 6.04.